The number of rotatable bonds is 8. The van der Waals surface area contributed by atoms with Crippen LogP contribution in [0.1, 0.15) is 58.9 Å². The van der Waals surface area contributed by atoms with Crippen LogP contribution in [0.15, 0.2) is 75.3 Å². The maximum atomic E-state index is 12.4. The van der Waals surface area contributed by atoms with E-state index >= 15 is 0 Å². The van der Waals surface area contributed by atoms with E-state index in [2.05, 4.69) is 21.1 Å². The van der Waals surface area contributed by atoms with E-state index in [9.17, 15) is 19.8 Å². The van der Waals surface area contributed by atoms with Gasteiger partial charge in [0.25, 0.3) is 0 Å². The fraction of sp³-hybridized carbons (Fsp3) is 0.167. The van der Waals surface area contributed by atoms with Crippen molar-refractivity contribution in [3.05, 3.63) is 83.3 Å². The predicted molar refractivity (Wildman–Crippen MR) is 124 cm³/mol. The molecule has 0 saturated heterocycles. The van der Waals surface area contributed by atoms with Crippen molar-refractivity contribution in [3.8, 4) is 11.5 Å². The summed E-state index contributed by atoms with van der Waals surface area (Å²) in [6.45, 7) is 3.77. The topological polar surface area (TPSA) is 137 Å². The number of hydrazone groups is 2. The van der Waals surface area contributed by atoms with E-state index in [0.29, 0.717) is 24.3 Å². The van der Waals surface area contributed by atoms with Gasteiger partial charge in [-0.3, -0.25) is 9.59 Å². The highest BCUT2D eigenvalue weighted by atomic mass is 16.4. The summed E-state index contributed by atoms with van der Waals surface area (Å²) in [7, 11) is 0. The molecule has 170 valence electrons. The van der Waals surface area contributed by atoms with E-state index < -0.39 is 11.8 Å². The van der Waals surface area contributed by atoms with Crippen molar-refractivity contribution in [3.63, 3.8) is 0 Å². The minimum Gasteiger partial charge on any atom is -0.508 e. The first kappa shape index (κ1) is 23.3. The van der Waals surface area contributed by atoms with Crippen LogP contribution < -0.4 is 10.9 Å². The molecular weight excluding hydrogens is 424 g/mol. The molecule has 0 radical (unpaired) electrons. The molecule has 4 N–H and O–H groups in total. The first-order chi connectivity index (χ1) is 15.9. The second-order valence-corrected chi connectivity index (χ2v) is 6.96. The third kappa shape index (κ3) is 6.07. The lowest BCUT2D eigenvalue weighted by Crippen LogP contribution is -2.20. The number of amides is 2. The summed E-state index contributed by atoms with van der Waals surface area (Å²) < 4.78 is 5.35. The molecule has 1 aromatic heterocycles. The molecule has 0 aliphatic carbocycles. The van der Waals surface area contributed by atoms with E-state index in [4.69, 9.17) is 4.42 Å². The van der Waals surface area contributed by atoms with Gasteiger partial charge >= 0.3 is 11.8 Å². The molecule has 0 spiro atoms. The summed E-state index contributed by atoms with van der Waals surface area (Å²) in [6, 6.07) is 15.7. The summed E-state index contributed by atoms with van der Waals surface area (Å²) >= 11 is 0. The lowest BCUT2D eigenvalue weighted by Gasteiger charge is -2.05. The number of hydrogen-bond donors (Lipinski definition) is 4. The Labute approximate surface area is 190 Å². The minimum absolute atomic E-state index is 0.0803. The molecule has 0 unspecified atom stereocenters. The first-order valence-electron chi connectivity index (χ1n) is 10.3. The van der Waals surface area contributed by atoms with Crippen LogP contribution in [0.4, 0.5) is 0 Å². The lowest BCUT2D eigenvalue weighted by molar-refractivity contribution is 0.0902. The third-order valence-electron chi connectivity index (χ3n) is 4.71. The standard InChI is InChI=1S/C24H24N4O5/c1-3-19(15-5-9-17(29)10-6-15)25-27-23(31)21-13-14-22(33-21)24(32)28-26-20(4-2)16-7-11-18(30)12-8-16/h5-14,29-30H,3-4H2,1-2H3,(H,27,31)(H,28,32)/b25-19+,26-20+. The number of carbonyl (C=O) groups excluding carboxylic acids is 2. The molecule has 0 saturated carbocycles. The lowest BCUT2D eigenvalue weighted by atomic mass is 10.1. The number of phenols is 2. The van der Waals surface area contributed by atoms with E-state index in [1.54, 1.807) is 24.3 Å². The van der Waals surface area contributed by atoms with Crippen LogP contribution in [0.2, 0.25) is 0 Å². The monoisotopic (exact) mass is 448 g/mol. The third-order valence-corrected chi connectivity index (χ3v) is 4.71. The van der Waals surface area contributed by atoms with Crippen molar-refractivity contribution in [2.75, 3.05) is 0 Å². The first-order valence-corrected chi connectivity index (χ1v) is 10.3. The average Bonchev–Trinajstić information content (AvgIpc) is 3.32. The number of nitrogens with one attached hydrogen (secondary N) is 2. The molecular formula is C24H24N4O5. The fourth-order valence-electron chi connectivity index (χ4n) is 2.93. The van der Waals surface area contributed by atoms with Crippen LogP contribution in [-0.2, 0) is 0 Å². The Bertz CT molecular complexity index is 1090. The Morgan fingerprint density at radius 3 is 1.39 bits per heavy atom. The highest BCUT2D eigenvalue weighted by Gasteiger charge is 2.16. The van der Waals surface area contributed by atoms with Crippen molar-refractivity contribution in [2.24, 2.45) is 10.2 Å². The van der Waals surface area contributed by atoms with E-state index in [-0.39, 0.29) is 23.0 Å². The van der Waals surface area contributed by atoms with Crippen molar-refractivity contribution in [1.29, 1.82) is 0 Å². The van der Waals surface area contributed by atoms with E-state index in [0.717, 1.165) is 11.1 Å². The number of benzene rings is 2. The zero-order valence-corrected chi connectivity index (χ0v) is 18.2. The van der Waals surface area contributed by atoms with Gasteiger partial charge in [0.05, 0.1) is 11.4 Å². The molecule has 3 rings (SSSR count). The normalized spacial score (nSPS) is 11.8. The Kier molecular flexibility index (Phi) is 7.59. The van der Waals surface area contributed by atoms with Gasteiger partial charge in [0.1, 0.15) is 11.5 Å². The van der Waals surface area contributed by atoms with Crippen LogP contribution in [-0.4, -0.2) is 33.5 Å². The molecule has 0 atom stereocenters. The highest BCUT2D eigenvalue weighted by molar-refractivity contribution is 6.03. The number of nitrogens with zero attached hydrogens (tertiary/aromatic N) is 2. The Balaban J connectivity index is 1.65. The predicted octanol–water partition coefficient (Wildman–Crippen LogP) is 3.78. The largest absolute Gasteiger partial charge is 0.508 e. The summed E-state index contributed by atoms with van der Waals surface area (Å²) in [4.78, 5) is 24.8. The maximum absolute atomic E-state index is 12.4. The number of hydrogen-bond acceptors (Lipinski definition) is 7. The van der Waals surface area contributed by atoms with Crippen LogP contribution in [0.25, 0.3) is 0 Å². The molecule has 0 aliphatic heterocycles. The quantitative estimate of drug-likeness (QED) is 0.307. The molecule has 9 heteroatoms. The van der Waals surface area contributed by atoms with Crippen LogP contribution >= 0.6 is 0 Å². The minimum atomic E-state index is -0.611. The van der Waals surface area contributed by atoms with Crippen molar-refractivity contribution >= 4 is 23.2 Å². The van der Waals surface area contributed by atoms with Gasteiger partial charge in [0.15, 0.2) is 11.5 Å². The van der Waals surface area contributed by atoms with Crippen molar-refractivity contribution in [2.45, 2.75) is 26.7 Å². The van der Waals surface area contributed by atoms with Gasteiger partial charge in [-0.1, -0.05) is 13.8 Å². The molecule has 2 amide bonds. The SMILES string of the molecule is CC/C(=N\NC(=O)c1ccc(C(=O)N/N=C(\CC)c2ccc(O)cc2)o1)c1ccc(O)cc1. The average molecular weight is 448 g/mol. The molecule has 2 aromatic carbocycles. The molecule has 1 heterocycles. The molecule has 0 fully saturated rings. The summed E-state index contributed by atoms with van der Waals surface area (Å²) in [5, 5.41) is 27.0. The number of phenolic OH excluding ortho intramolecular Hbond substituents is 2. The second kappa shape index (κ2) is 10.8. The summed E-state index contributed by atoms with van der Waals surface area (Å²) in [5.41, 5.74) is 7.57. The maximum Gasteiger partial charge on any atom is 0.307 e. The summed E-state index contributed by atoms with van der Waals surface area (Å²) in [5.74, 6) is -1.11. The Morgan fingerprint density at radius 2 is 1.06 bits per heavy atom. The smallest absolute Gasteiger partial charge is 0.307 e. The van der Waals surface area contributed by atoms with Gasteiger partial charge in [-0.15, -0.1) is 0 Å². The molecule has 0 aliphatic rings. The van der Waals surface area contributed by atoms with Crippen molar-refractivity contribution in [1.82, 2.24) is 10.9 Å². The Hall–Kier alpha value is -4.40. The Morgan fingerprint density at radius 1 is 0.697 bits per heavy atom. The van der Waals surface area contributed by atoms with E-state index in [1.807, 2.05) is 13.8 Å². The van der Waals surface area contributed by atoms with Gasteiger partial charge in [0, 0.05) is 0 Å². The van der Waals surface area contributed by atoms with Gasteiger partial charge in [-0.25, -0.2) is 10.9 Å². The summed E-state index contributed by atoms with van der Waals surface area (Å²) in [6.07, 6.45) is 1.10. The van der Waals surface area contributed by atoms with Crippen LogP contribution in [0, 0.1) is 0 Å². The van der Waals surface area contributed by atoms with Gasteiger partial charge in [0.2, 0.25) is 0 Å². The molecule has 3 aromatic rings. The zero-order chi connectivity index (χ0) is 23.8. The number of aromatic hydroxyl groups is 2. The fourth-order valence-corrected chi connectivity index (χ4v) is 2.93. The molecule has 9 nitrogen and oxygen atoms in total. The van der Waals surface area contributed by atoms with E-state index in [1.165, 1.54) is 36.4 Å². The highest BCUT2D eigenvalue weighted by Crippen LogP contribution is 2.14. The molecule has 0 bridgehead atoms. The zero-order valence-electron chi connectivity index (χ0n) is 18.2. The number of carbonyl (C=O) groups is 2. The van der Waals surface area contributed by atoms with Gasteiger partial charge in [-0.05, 0) is 84.6 Å². The second-order valence-electron chi connectivity index (χ2n) is 6.96. The molecule has 33 heavy (non-hydrogen) atoms. The van der Waals surface area contributed by atoms with Crippen molar-refractivity contribution < 1.29 is 24.2 Å². The number of furan rings is 1. The van der Waals surface area contributed by atoms with Gasteiger partial charge in [-0.2, -0.15) is 10.2 Å². The van der Waals surface area contributed by atoms with Crippen LogP contribution in [0.3, 0.4) is 0 Å². The van der Waals surface area contributed by atoms with Gasteiger partial charge < -0.3 is 14.6 Å². The van der Waals surface area contributed by atoms with Crippen LogP contribution in [0.5, 0.6) is 11.5 Å².